The molecule has 0 fully saturated rings. The number of amides is 1. The molecule has 7 nitrogen and oxygen atoms in total. The Balaban J connectivity index is 0.00000392. The van der Waals surface area contributed by atoms with E-state index >= 15 is 0 Å². The number of nitrogens with zero attached hydrogens (tertiary/aromatic N) is 4. The van der Waals surface area contributed by atoms with Gasteiger partial charge in [0.1, 0.15) is 0 Å². The number of benzene rings is 1. The fourth-order valence-corrected chi connectivity index (χ4v) is 3.35. The molecule has 158 valence electrons. The molecule has 28 heavy (non-hydrogen) atoms. The minimum Gasteiger partial charge on any atom is -0.493 e. The minimum atomic E-state index is 0. The lowest BCUT2D eigenvalue weighted by Gasteiger charge is -2.29. The monoisotopic (exact) mass is 504 g/mol. The van der Waals surface area contributed by atoms with E-state index in [1.165, 1.54) is 5.56 Å². The molecule has 0 saturated carbocycles. The van der Waals surface area contributed by atoms with Gasteiger partial charge in [0.05, 0.1) is 14.2 Å². The molecule has 0 aromatic heterocycles. The van der Waals surface area contributed by atoms with Gasteiger partial charge in [0, 0.05) is 54.2 Å². The number of hydrogen-bond donors (Lipinski definition) is 0. The van der Waals surface area contributed by atoms with Gasteiger partial charge in [0.15, 0.2) is 17.5 Å². The van der Waals surface area contributed by atoms with Crippen LogP contribution in [0.1, 0.15) is 24.0 Å². The lowest BCUT2D eigenvalue weighted by molar-refractivity contribution is -0.132. The molecule has 0 aliphatic carbocycles. The Bertz CT molecular complexity index is 682. The molecule has 0 N–H and O–H groups in total. The second-order valence-electron chi connectivity index (χ2n) is 7.12. The third-order valence-electron chi connectivity index (χ3n) is 4.67. The first kappa shape index (κ1) is 24.3. The van der Waals surface area contributed by atoms with E-state index in [0.29, 0.717) is 25.3 Å². The number of aliphatic imine (C=N–C) groups is 1. The van der Waals surface area contributed by atoms with Crippen LogP contribution in [0.25, 0.3) is 0 Å². The topological polar surface area (TPSA) is 57.6 Å². The second kappa shape index (κ2) is 11.3. The molecule has 0 radical (unpaired) electrons. The Kier molecular flexibility index (Phi) is 9.84. The zero-order valence-corrected chi connectivity index (χ0v) is 20.1. The number of methoxy groups -OCH3 is 2. The normalized spacial score (nSPS) is 12.4. The molecule has 1 aliphatic rings. The highest BCUT2D eigenvalue weighted by atomic mass is 127. The summed E-state index contributed by atoms with van der Waals surface area (Å²) in [5.74, 6) is 2.54. The highest BCUT2D eigenvalue weighted by Gasteiger charge is 2.22. The molecule has 0 saturated heterocycles. The van der Waals surface area contributed by atoms with Gasteiger partial charge in [-0.05, 0) is 36.1 Å². The number of rotatable bonds is 6. The molecule has 1 aromatic rings. The zero-order chi connectivity index (χ0) is 20.0. The van der Waals surface area contributed by atoms with Crippen molar-refractivity contribution in [2.75, 3.05) is 55.5 Å². The minimum absolute atomic E-state index is 0. The standard InChI is InChI=1S/C20H32N4O3.HI/c1-22(2)20(23(3)4)21-10-7-8-19(25)24-11-9-15-12-17(26-5)18(27-6)13-16(15)14-24;/h12-13H,7-11,14H2,1-6H3;1H. The second-order valence-corrected chi connectivity index (χ2v) is 7.12. The third kappa shape index (κ3) is 6.15. The maximum absolute atomic E-state index is 12.6. The van der Waals surface area contributed by atoms with Gasteiger partial charge in [-0.1, -0.05) is 0 Å². The number of carbonyl (C=O) groups excluding carboxylic acids is 1. The predicted octanol–water partition coefficient (Wildman–Crippen LogP) is 2.47. The fourth-order valence-electron chi connectivity index (χ4n) is 3.35. The fraction of sp³-hybridized carbons (Fsp3) is 0.600. The van der Waals surface area contributed by atoms with E-state index in [1.807, 2.05) is 55.0 Å². The van der Waals surface area contributed by atoms with E-state index in [-0.39, 0.29) is 29.9 Å². The summed E-state index contributed by atoms with van der Waals surface area (Å²) in [7, 11) is 11.2. The Morgan fingerprint density at radius 1 is 1.07 bits per heavy atom. The molecular weight excluding hydrogens is 471 g/mol. The Hall–Kier alpha value is -1.71. The van der Waals surface area contributed by atoms with Crippen LogP contribution in [0.4, 0.5) is 0 Å². The Morgan fingerprint density at radius 2 is 1.64 bits per heavy atom. The van der Waals surface area contributed by atoms with Crippen molar-refractivity contribution < 1.29 is 14.3 Å². The van der Waals surface area contributed by atoms with Crippen LogP contribution in [0.3, 0.4) is 0 Å². The maximum atomic E-state index is 12.6. The van der Waals surface area contributed by atoms with E-state index in [1.54, 1.807) is 14.2 Å². The first-order chi connectivity index (χ1) is 12.9. The number of hydrogen-bond acceptors (Lipinski definition) is 4. The van der Waals surface area contributed by atoms with Gasteiger partial charge in [-0.25, -0.2) is 0 Å². The summed E-state index contributed by atoms with van der Waals surface area (Å²) in [4.78, 5) is 23.1. The summed E-state index contributed by atoms with van der Waals surface area (Å²) >= 11 is 0. The number of carbonyl (C=O) groups is 1. The quantitative estimate of drug-likeness (QED) is 0.258. The molecule has 0 bridgehead atoms. The van der Waals surface area contributed by atoms with Gasteiger partial charge in [-0.15, -0.1) is 24.0 Å². The molecule has 1 aliphatic heterocycles. The van der Waals surface area contributed by atoms with Gasteiger partial charge in [-0.2, -0.15) is 0 Å². The van der Waals surface area contributed by atoms with Crippen molar-refractivity contribution in [3.63, 3.8) is 0 Å². The van der Waals surface area contributed by atoms with Crippen LogP contribution in [0.2, 0.25) is 0 Å². The van der Waals surface area contributed by atoms with Crippen molar-refractivity contribution in [2.45, 2.75) is 25.8 Å². The van der Waals surface area contributed by atoms with Crippen LogP contribution in [0.5, 0.6) is 11.5 Å². The molecule has 8 heteroatoms. The van der Waals surface area contributed by atoms with Crippen LogP contribution in [-0.2, 0) is 17.8 Å². The largest absolute Gasteiger partial charge is 0.493 e. The van der Waals surface area contributed by atoms with Crippen molar-refractivity contribution in [3.05, 3.63) is 23.3 Å². The first-order valence-electron chi connectivity index (χ1n) is 9.28. The number of fused-ring (bicyclic) bond motifs is 1. The lowest BCUT2D eigenvalue weighted by Crippen LogP contribution is -2.36. The molecule has 1 amide bonds. The van der Waals surface area contributed by atoms with Gasteiger partial charge in [0.2, 0.25) is 5.91 Å². The number of halogens is 1. The van der Waals surface area contributed by atoms with Crippen molar-refractivity contribution in [1.29, 1.82) is 0 Å². The average molecular weight is 504 g/mol. The lowest BCUT2D eigenvalue weighted by atomic mass is 9.98. The summed E-state index contributed by atoms with van der Waals surface area (Å²) in [6.07, 6.45) is 2.10. The van der Waals surface area contributed by atoms with Crippen LogP contribution >= 0.6 is 24.0 Å². The van der Waals surface area contributed by atoms with Gasteiger partial charge in [-0.3, -0.25) is 9.79 Å². The molecule has 1 heterocycles. The van der Waals surface area contributed by atoms with Gasteiger partial charge in [0.25, 0.3) is 0 Å². The SMILES string of the molecule is COc1cc2c(cc1OC)CN(C(=O)CCCN=C(N(C)C)N(C)C)CC2.I. The summed E-state index contributed by atoms with van der Waals surface area (Å²) < 4.78 is 10.8. The van der Waals surface area contributed by atoms with Crippen LogP contribution < -0.4 is 9.47 Å². The predicted molar refractivity (Wildman–Crippen MR) is 123 cm³/mol. The highest BCUT2D eigenvalue weighted by molar-refractivity contribution is 14.0. The Morgan fingerprint density at radius 3 is 2.18 bits per heavy atom. The highest BCUT2D eigenvalue weighted by Crippen LogP contribution is 2.33. The van der Waals surface area contributed by atoms with E-state index in [0.717, 1.165) is 36.7 Å². The van der Waals surface area contributed by atoms with Gasteiger partial charge >= 0.3 is 0 Å². The molecule has 1 aromatic carbocycles. The summed E-state index contributed by atoms with van der Waals surface area (Å²) in [6, 6.07) is 4.01. The third-order valence-corrected chi connectivity index (χ3v) is 4.67. The van der Waals surface area contributed by atoms with Crippen molar-refractivity contribution in [3.8, 4) is 11.5 Å². The first-order valence-corrected chi connectivity index (χ1v) is 9.28. The number of guanidine groups is 1. The van der Waals surface area contributed by atoms with E-state index in [2.05, 4.69) is 4.99 Å². The molecular formula is C20H33IN4O3. The van der Waals surface area contributed by atoms with Gasteiger partial charge < -0.3 is 24.2 Å². The van der Waals surface area contributed by atoms with Crippen LogP contribution in [0, 0.1) is 0 Å². The van der Waals surface area contributed by atoms with Crippen molar-refractivity contribution in [2.24, 2.45) is 4.99 Å². The zero-order valence-electron chi connectivity index (χ0n) is 17.8. The molecule has 0 spiro atoms. The molecule has 0 unspecified atom stereocenters. The van der Waals surface area contributed by atoms with E-state index in [4.69, 9.17) is 9.47 Å². The van der Waals surface area contributed by atoms with E-state index < -0.39 is 0 Å². The Labute approximate surface area is 185 Å². The average Bonchev–Trinajstić information content (AvgIpc) is 2.65. The van der Waals surface area contributed by atoms with Crippen molar-refractivity contribution >= 4 is 35.8 Å². The van der Waals surface area contributed by atoms with Crippen molar-refractivity contribution in [1.82, 2.24) is 14.7 Å². The summed E-state index contributed by atoms with van der Waals surface area (Å²) in [5.41, 5.74) is 2.36. The van der Waals surface area contributed by atoms with Crippen LogP contribution in [-0.4, -0.2) is 82.1 Å². The molecule has 0 atom stereocenters. The number of ether oxygens (including phenoxy) is 2. The van der Waals surface area contributed by atoms with Crippen LogP contribution in [0.15, 0.2) is 17.1 Å². The molecule has 2 rings (SSSR count). The van der Waals surface area contributed by atoms with E-state index in [9.17, 15) is 4.79 Å². The smallest absolute Gasteiger partial charge is 0.222 e. The summed E-state index contributed by atoms with van der Waals surface area (Å²) in [6.45, 7) is 2.01. The maximum Gasteiger partial charge on any atom is 0.222 e. The summed E-state index contributed by atoms with van der Waals surface area (Å²) in [5, 5.41) is 0.